The number of carbonyl (C=O) groups excluding carboxylic acids is 1. The molecule has 204 valence electrons. The van der Waals surface area contributed by atoms with Crippen LogP contribution in [0.3, 0.4) is 0 Å². The maximum Gasteiger partial charge on any atom is 0.225 e. The summed E-state index contributed by atoms with van der Waals surface area (Å²) in [7, 11) is 1.90. The fourth-order valence-corrected chi connectivity index (χ4v) is 6.94. The van der Waals surface area contributed by atoms with Crippen molar-refractivity contribution in [2.24, 2.45) is 18.4 Å². The molecule has 9 heteroatoms. The van der Waals surface area contributed by atoms with Gasteiger partial charge in [-0.3, -0.25) is 9.48 Å². The van der Waals surface area contributed by atoms with E-state index in [4.69, 9.17) is 4.98 Å². The van der Waals surface area contributed by atoms with Crippen molar-refractivity contribution < 1.29 is 4.79 Å². The van der Waals surface area contributed by atoms with Crippen molar-refractivity contribution in [3.63, 3.8) is 0 Å². The number of fused-ring (bicyclic) bond motifs is 1. The number of amides is 1. The SMILES string of the molecule is Cn1cc(-c2cc(-c3ccc(N4CCC5(CC4)CN(C(=O)C4CCCCC4)C5)nc3)c3c(C#N)cnn3c2)cn1. The lowest BCUT2D eigenvalue weighted by Gasteiger charge is -2.55. The molecule has 0 unspecified atom stereocenters. The molecule has 2 aliphatic heterocycles. The summed E-state index contributed by atoms with van der Waals surface area (Å²) in [6, 6.07) is 8.55. The van der Waals surface area contributed by atoms with Crippen LogP contribution in [0.4, 0.5) is 5.82 Å². The Hall–Kier alpha value is -4.19. The number of aryl methyl sites for hydroxylation is 1. The van der Waals surface area contributed by atoms with Crippen LogP contribution in [0.25, 0.3) is 27.8 Å². The molecule has 3 aliphatic rings. The zero-order valence-electron chi connectivity index (χ0n) is 23.0. The summed E-state index contributed by atoms with van der Waals surface area (Å²) in [6.07, 6.45) is 17.3. The molecule has 6 heterocycles. The summed E-state index contributed by atoms with van der Waals surface area (Å²) in [5.74, 6) is 1.65. The minimum Gasteiger partial charge on any atom is -0.357 e. The highest BCUT2D eigenvalue weighted by Gasteiger charge is 2.47. The fraction of sp³-hybridized carbons (Fsp3) is 0.452. The zero-order valence-corrected chi connectivity index (χ0v) is 23.0. The van der Waals surface area contributed by atoms with Gasteiger partial charge >= 0.3 is 0 Å². The van der Waals surface area contributed by atoms with Gasteiger partial charge in [0.05, 0.1) is 23.5 Å². The first-order valence-electron chi connectivity index (χ1n) is 14.4. The van der Waals surface area contributed by atoms with Gasteiger partial charge in [-0.1, -0.05) is 19.3 Å². The van der Waals surface area contributed by atoms with E-state index in [0.29, 0.717) is 11.5 Å². The molecular formula is C31H34N8O. The summed E-state index contributed by atoms with van der Waals surface area (Å²) in [5, 5.41) is 18.5. The van der Waals surface area contributed by atoms with E-state index in [1.807, 2.05) is 31.8 Å². The first-order chi connectivity index (χ1) is 19.5. The Labute approximate surface area is 234 Å². The summed E-state index contributed by atoms with van der Waals surface area (Å²) in [4.78, 5) is 22.3. The number of likely N-dealkylation sites (tertiary alicyclic amines) is 1. The van der Waals surface area contributed by atoms with E-state index < -0.39 is 0 Å². The largest absolute Gasteiger partial charge is 0.357 e. The molecule has 4 aromatic rings. The Morgan fingerprint density at radius 2 is 1.77 bits per heavy atom. The molecule has 3 fully saturated rings. The second-order valence-corrected chi connectivity index (χ2v) is 11.9. The molecule has 0 N–H and O–H groups in total. The number of piperidine rings is 1. The van der Waals surface area contributed by atoms with Crippen LogP contribution >= 0.6 is 0 Å². The topological polar surface area (TPSA) is 95.3 Å². The molecule has 1 amide bonds. The van der Waals surface area contributed by atoms with Gasteiger partial charge in [0.25, 0.3) is 0 Å². The number of hydrogen-bond donors (Lipinski definition) is 0. The lowest BCUT2D eigenvalue weighted by atomic mass is 9.71. The van der Waals surface area contributed by atoms with E-state index >= 15 is 0 Å². The van der Waals surface area contributed by atoms with E-state index in [2.05, 4.69) is 44.3 Å². The molecule has 1 saturated carbocycles. The minimum atomic E-state index is 0.270. The number of nitriles is 1. The lowest BCUT2D eigenvalue weighted by molar-refractivity contribution is -0.150. The molecular weight excluding hydrogens is 500 g/mol. The second-order valence-electron chi connectivity index (χ2n) is 11.9. The van der Waals surface area contributed by atoms with Crippen molar-refractivity contribution in [3.05, 3.63) is 54.7 Å². The fourth-order valence-electron chi connectivity index (χ4n) is 6.94. The van der Waals surface area contributed by atoms with Gasteiger partial charge in [-0.15, -0.1) is 0 Å². The van der Waals surface area contributed by atoms with Crippen molar-refractivity contribution in [3.8, 4) is 28.3 Å². The Balaban J connectivity index is 1.06. The van der Waals surface area contributed by atoms with Crippen LogP contribution in [0.15, 0.2) is 49.2 Å². The van der Waals surface area contributed by atoms with Gasteiger partial charge in [0.2, 0.25) is 5.91 Å². The van der Waals surface area contributed by atoms with E-state index in [-0.39, 0.29) is 11.3 Å². The third kappa shape index (κ3) is 4.32. The maximum atomic E-state index is 12.9. The van der Waals surface area contributed by atoms with Crippen molar-refractivity contribution in [1.82, 2.24) is 29.3 Å². The molecule has 0 aromatic carbocycles. The number of rotatable bonds is 4. The van der Waals surface area contributed by atoms with Crippen LogP contribution in [0, 0.1) is 22.7 Å². The van der Waals surface area contributed by atoms with E-state index in [1.165, 1.54) is 19.3 Å². The van der Waals surface area contributed by atoms with Gasteiger partial charge in [0.15, 0.2) is 0 Å². The number of nitrogens with zero attached hydrogens (tertiary/aromatic N) is 8. The number of carbonyl (C=O) groups is 1. The molecule has 1 aliphatic carbocycles. The highest BCUT2D eigenvalue weighted by molar-refractivity contribution is 5.87. The van der Waals surface area contributed by atoms with E-state index in [9.17, 15) is 10.1 Å². The molecule has 7 rings (SSSR count). The summed E-state index contributed by atoms with van der Waals surface area (Å²) < 4.78 is 3.55. The minimum absolute atomic E-state index is 0.270. The smallest absolute Gasteiger partial charge is 0.225 e. The highest BCUT2D eigenvalue weighted by atomic mass is 16.2. The van der Waals surface area contributed by atoms with Crippen molar-refractivity contribution in [2.45, 2.75) is 44.9 Å². The van der Waals surface area contributed by atoms with Gasteiger partial charge in [0.1, 0.15) is 11.9 Å². The summed E-state index contributed by atoms with van der Waals surface area (Å²) in [6.45, 7) is 3.77. The van der Waals surface area contributed by atoms with Crippen LogP contribution in [-0.4, -0.2) is 61.4 Å². The average molecular weight is 535 g/mol. The molecule has 1 spiro atoms. The molecule has 0 bridgehead atoms. The monoisotopic (exact) mass is 534 g/mol. The maximum absolute atomic E-state index is 12.9. The first-order valence-corrected chi connectivity index (χ1v) is 14.4. The molecule has 4 aromatic heterocycles. The molecule has 0 atom stereocenters. The number of aromatic nitrogens is 5. The first kappa shape index (κ1) is 24.8. The summed E-state index contributed by atoms with van der Waals surface area (Å²) in [5.41, 5.74) is 5.43. The second kappa shape index (κ2) is 9.77. The van der Waals surface area contributed by atoms with E-state index in [1.54, 1.807) is 15.4 Å². The van der Waals surface area contributed by atoms with Crippen LogP contribution in [0.2, 0.25) is 0 Å². The Kier molecular flexibility index (Phi) is 6.06. The van der Waals surface area contributed by atoms with Gasteiger partial charge in [0, 0.05) is 85.4 Å². The van der Waals surface area contributed by atoms with Crippen molar-refractivity contribution in [1.29, 1.82) is 5.26 Å². The van der Waals surface area contributed by atoms with E-state index in [0.717, 1.165) is 85.5 Å². The third-order valence-electron chi connectivity index (χ3n) is 9.30. The van der Waals surface area contributed by atoms with Gasteiger partial charge in [-0.2, -0.15) is 15.5 Å². The Bertz CT molecular complexity index is 1590. The van der Waals surface area contributed by atoms with Crippen LogP contribution in [0.5, 0.6) is 0 Å². The Morgan fingerprint density at radius 3 is 2.45 bits per heavy atom. The standard InChI is InChI=1S/C31H34N8O/c1-36-18-26(17-34-36)24-13-27(29-25(14-32)16-35-39(29)19-24)23-7-8-28(33-15-23)37-11-9-31(10-12-37)20-38(21-31)30(40)22-5-3-2-4-6-22/h7-8,13,15-19,22H,2-6,9-12,20-21H2,1H3. The molecule has 40 heavy (non-hydrogen) atoms. The number of pyridine rings is 2. The van der Waals surface area contributed by atoms with Gasteiger partial charge < -0.3 is 9.80 Å². The van der Waals surface area contributed by atoms with Gasteiger partial charge in [-0.05, 0) is 43.9 Å². The molecule has 0 radical (unpaired) electrons. The predicted octanol–water partition coefficient (Wildman–Crippen LogP) is 4.68. The zero-order chi connectivity index (χ0) is 27.3. The third-order valence-corrected chi connectivity index (χ3v) is 9.30. The summed E-state index contributed by atoms with van der Waals surface area (Å²) >= 11 is 0. The van der Waals surface area contributed by atoms with Crippen molar-refractivity contribution >= 4 is 17.2 Å². The van der Waals surface area contributed by atoms with Gasteiger partial charge in [-0.25, -0.2) is 9.50 Å². The normalized spacial score (nSPS) is 19.1. The lowest BCUT2D eigenvalue weighted by Crippen LogP contribution is -2.63. The highest BCUT2D eigenvalue weighted by Crippen LogP contribution is 2.43. The van der Waals surface area contributed by atoms with Crippen LogP contribution in [0.1, 0.15) is 50.5 Å². The molecule has 9 nitrogen and oxygen atoms in total. The van der Waals surface area contributed by atoms with Crippen molar-refractivity contribution in [2.75, 3.05) is 31.1 Å². The number of hydrogen-bond acceptors (Lipinski definition) is 6. The average Bonchev–Trinajstić information content (AvgIpc) is 3.61. The number of anilines is 1. The molecule has 2 saturated heterocycles. The predicted molar refractivity (Wildman–Crippen MR) is 152 cm³/mol. The van der Waals surface area contributed by atoms with Crippen LogP contribution < -0.4 is 4.90 Å². The van der Waals surface area contributed by atoms with Crippen LogP contribution in [-0.2, 0) is 11.8 Å². The quantitative estimate of drug-likeness (QED) is 0.377. The Morgan fingerprint density at radius 1 is 0.975 bits per heavy atom.